The van der Waals surface area contributed by atoms with Crippen molar-refractivity contribution < 1.29 is 23.4 Å². The lowest BCUT2D eigenvalue weighted by Gasteiger charge is -2.05. The number of hydrogen-bond donors (Lipinski definition) is 0. The van der Waals surface area contributed by atoms with Gasteiger partial charge in [0, 0.05) is 17.4 Å². The van der Waals surface area contributed by atoms with Gasteiger partial charge in [-0.3, -0.25) is 0 Å². The number of aryl methyl sites for hydroxylation is 1. The Morgan fingerprint density at radius 2 is 1.68 bits per heavy atom. The van der Waals surface area contributed by atoms with Gasteiger partial charge in [0.25, 0.3) is 0 Å². The first-order chi connectivity index (χ1) is 12.1. The molecule has 0 saturated carbocycles. The molecule has 0 saturated heterocycles. The van der Waals surface area contributed by atoms with E-state index in [2.05, 4.69) is 0 Å². The third-order valence-electron chi connectivity index (χ3n) is 4.11. The van der Waals surface area contributed by atoms with E-state index in [0.29, 0.717) is 12.0 Å². The molecule has 0 radical (unpaired) electrons. The van der Waals surface area contributed by atoms with Crippen molar-refractivity contribution >= 4 is 16.9 Å². The van der Waals surface area contributed by atoms with Gasteiger partial charge < -0.3 is 18.6 Å². The molecule has 0 spiro atoms. The molecule has 25 heavy (non-hydrogen) atoms. The van der Waals surface area contributed by atoms with Gasteiger partial charge in [0.2, 0.25) is 5.76 Å². The molecule has 0 amide bonds. The average Bonchev–Trinajstić information content (AvgIpc) is 2.98. The Balaban J connectivity index is 1.66. The molecule has 0 fully saturated rings. The number of ether oxygens (including phenoxy) is 3. The molecule has 1 aromatic heterocycles. The standard InChI is InChI=1S/C20H20O5/c1-13-17-12-16(23-3)8-9-18(17)25-19(13)20(21)24-11-10-14-4-6-15(22-2)7-5-14/h4-9,12H,10-11H2,1-3H3. The molecule has 0 atom stereocenters. The van der Waals surface area contributed by atoms with Crippen molar-refractivity contribution in [3.8, 4) is 11.5 Å². The second-order valence-corrected chi connectivity index (χ2v) is 5.65. The molecule has 1 heterocycles. The fourth-order valence-electron chi connectivity index (χ4n) is 2.64. The highest BCUT2D eigenvalue weighted by atomic mass is 16.5. The number of carbonyl (C=O) groups is 1. The number of methoxy groups -OCH3 is 2. The van der Waals surface area contributed by atoms with Gasteiger partial charge in [0.1, 0.15) is 17.1 Å². The van der Waals surface area contributed by atoms with E-state index in [1.54, 1.807) is 26.4 Å². The smallest absolute Gasteiger partial charge is 0.374 e. The van der Waals surface area contributed by atoms with Crippen LogP contribution in [0.2, 0.25) is 0 Å². The van der Waals surface area contributed by atoms with Gasteiger partial charge in [-0.15, -0.1) is 0 Å². The summed E-state index contributed by atoms with van der Waals surface area (Å²) >= 11 is 0. The van der Waals surface area contributed by atoms with E-state index < -0.39 is 5.97 Å². The van der Waals surface area contributed by atoms with Crippen LogP contribution < -0.4 is 9.47 Å². The normalized spacial score (nSPS) is 10.7. The summed E-state index contributed by atoms with van der Waals surface area (Å²) in [7, 11) is 3.23. The van der Waals surface area contributed by atoms with E-state index in [1.165, 1.54) is 0 Å². The van der Waals surface area contributed by atoms with E-state index >= 15 is 0 Å². The van der Waals surface area contributed by atoms with E-state index in [1.807, 2.05) is 37.3 Å². The molecule has 3 aromatic rings. The molecule has 0 bridgehead atoms. The molecule has 5 nitrogen and oxygen atoms in total. The molecule has 130 valence electrons. The summed E-state index contributed by atoms with van der Waals surface area (Å²) < 4.78 is 21.3. The minimum atomic E-state index is -0.457. The summed E-state index contributed by atoms with van der Waals surface area (Å²) in [5, 5.41) is 0.849. The summed E-state index contributed by atoms with van der Waals surface area (Å²) in [6, 6.07) is 13.1. The zero-order valence-corrected chi connectivity index (χ0v) is 14.5. The first-order valence-electron chi connectivity index (χ1n) is 7.99. The maximum Gasteiger partial charge on any atom is 0.374 e. The highest BCUT2D eigenvalue weighted by Gasteiger charge is 2.19. The monoisotopic (exact) mass is 340 g/mol. The van der Waals surface area contributed by atoms with E-state index in [9.17, 15) is 4.79 Å². The van der Waals surface area contributed by atoms with Crippen molar-refractivity contribution in [1.29, 1.82) is 0 Å². The zero-order chi connectivity index (χ0) is 17.8. The van der Waals surface area contributed by atoms with Crippen LogP contribution in [0, 0.1) is 6.92 Å². The van der Waals surface area contributed by atoms with Crippen LogP contribution in [0.5, 0.6) is 11.5 Å². The highest BCUT2D eigenvalue weighted by Crippen LogP contribution is 2.29. The Morgan fingerprint density at radius 3 is 2.36 bits per heavy atom. The van der Waals surface area contributed by atoms with Crippen LogP contribution in [0.4, 0.5) is 0 Å². The summed E-state index contributed by atoms with van der Waals surface area (Å²) in [6.45, 7) is 2.12. The summed E-state index contributed by atoms with van der Waals surface area (Å²) in [6.07, 6.45) is 0.628. The van der Waals surface area contributed by atoms with Crippen LogP contribution >= 0.6 is 0 Å². The lowest BCUT2D eigenvalue weighted by Crippen LogP contribution is -2.08. The minimum absolute atomic E-state index is 0.234. The SMILES string of the molecule is COc1ccc(CCOC(=O)c2oc3ccc(OC)cc3c2C)cc1. The molecular weight excluding hydrogens is 320 g/mol. The molecule has 0 aliphatic carbocycles. The van der Waals surface area contributed by atoms with Crippen LogP contribution in [-0.4, -0.2) is 26.8 Å². The van der Waals surface area contributed by atoms with Crippen LogP contribution in [0.15, 0.2) is 46.9 Å². The van der Waals surface area contributed by atoms with Crippen molar-refractivity contribution in [2.45, 2.75) is 13.3 Å². The molecular formula is C20H20O5. The van der Waals surface area contributed by atoms with Gasteiger partial charge in [-0.1, -0.05) is 12.1 Å². The lowest BCUT2D eigenvalue weighted by molar-refractivity contribution is 0.0474. The zero-order valence-electron chi connectivity index (χ0n) is 14.5. The summed E-state index contributed by atoms with van der Waals surface area (Å²) in [5.41, 5.74) is 2.46. The fraction of sp³-hybridized carbons (Fsp3) is 0.250. The quantitative estimate of drug-likeness (QED) is 0.631. The predicted molar refractivity (Wildman–Crippen MR) is 94.5 cm³/mol. The van der Waals surface area contributed by atoms with Crippen molar-refractivity contribution in [2.24, 2.45) is 0 Å². The Hall–Kier alpha value is -2.95. The topological polar surface area (TPSA) is 57.9 Å². The molecule has 0 unspecified atom stereocenters. The molecule has 0 N–H and O–H groups in total. The maximum absolute atomic E-state index is 12.3. The fourth-order valence-corrected chi connectivity index (χ4v) is 2.64. The number of esters is 1. The molecule has 0 aliphatic rings. The van der Waals surface area contributed by atoms with Crippen molar-refractivity contribution in [2.75, 3.05) is 20.8 Å². The molecule has 3 rings (SSSR count). The third-order valence-corrected chi connectivity index (χ3v) is 4.11. The number of rotatable bonds is 6. The summed E-state index contributed by atoms with van der Waals surface area (Å²) in [4.78, 5) is 12.3. The van der Waals surface area contributed by atoms with Gasteiger partial charge in [-0.25, -0.2) is 4.79 Å². The first-order valence-corrected chi connectivity index (χ1v) is 7.99. The lowest BCUT2D eigenvalue weighted by atomic mass is 10.1. The van der Waals surface area contributed by atoms with Gasteiger partial charge in [-0.05, 0) is 42.8 Å². The minimum Gasteiger partial charge on any atom is -0.497 e. The number of benzene rings is 2. The number of hydrogen-bond acceptors (Lipinski definition) is 5. The highest BCUT2D eigenvalue weighted by molar-refractivity contribution is 5.96. The predicted octanol–water partition coefficient (Wildman–Crippen LogP) is 4.16. The van der Waals surface area contributed by atoms with Crippen LogP contribution in [0.3, 0.4) is 0 Å². The second-order valence-electron chi connectivity index (χ2n) is 5.65. The van der Waals surface area contributed by atoms with E-state index in [4.69, 9.17) is 18.6 Å². The van der Waals surface area contributed by atoms with Gasteiger partial charge in [0.15, 0.2) is 0 Å². The Kier molecular flexibility index (Phi) is 4.93. The molecule has 5 heteroatoms. The largest absolute Gasteiger partial charge is 0.497 e. The van der Waals surface area contributed by atoms with E-state index in [-0.39, 0.29) is 12.4 Å². The Bertz CT molecular complexity index is 877. The summed E-state index contributed by atoms with van der Waals surface area (Å²) in [5.74, 6) is 1.30. The average molecular weight is 340 g/mol. The second kappa shape index (κ2) is 7.30. The van der Waals surface area contributed by atoms with Crippen molar-refractivity contribution in [3.05, 3.63) is 59.4 Å². The van der Waals surface area contributed by atoms with Gasteiger partial charge in [0.05, 0.1) is 20.8 Å². The molecule has 0 aliphatic heterocycles. The third kappa shape index (κ3) is 3.60. The van der Waals surface area contributed by atoms with Crippen LogP contribution in [0.1, 0.15) is 21.7 Å². The van der Waals surface area contributed by atoms with Gasteiger partial charge in [-0.2, -0.15) is 0 Å². The number of furan rings is 1. The van der Waals surface area contributed by atoms with Gasteiger partial charge >= 0.3 is 5.97 Å². The van der Waals surface area contributed by atoms with Crippen LogP contribution in [-0.2, 0) is 11.2 Å². The Labute approximate surface area is 146 Å². The van der Waals surface area contributed by atoms with Crippen molar-refractivity contribution in [3.63, 3.8) is 0 Å². The number of fused-ring (bicyclic) bond motifs is 1. The van der Waals surface area contributed by atoms with Crippen LogP contribution in [0.25, 0.3) is 11.0 Å². The first kappa shape index (κ1) is 16.9. The molecule has 2 aromatic carbocycles. The van der Waals surface area contributed by atoms with E-state index in [0.717, 1.165) is 28.0 Å². The Morgan fingerprint density at radius 1 is 1.00 bits per heavy atom. The maximum atomic E-state index is 12.3. The number of carbonyl (C=O) groups excluding carboxylic acids is 1. The van der Waals surface area contributed by atoms with Crippen molar-refractivity contribution in [1.82, 2.24) is 0 Å².